The van der Waals surface area contributed by atoms with Crippen LogP contribution < -0.4 is 10.6 Å². The van der Waals surface area contributed by atoms with Crippen molar-refractivity contribution in [3.63, 3.8) is 0 Å². The quantitative estimate of drug-likeness (QED) is 0.631. The smallest absolute Gasteiger partial charge is 0.248 e. The zero-order chi connectivity index (χ0) is 18.4. The topological polar surface area (TPSA) is 94.0 Å². The van der Waals surface area contributed by atoms with Crippen molar-refractivity contribution in [2.24, 2.45) is 0 Å². The summed E-state index contributed by atoms with van der Waals surface area (Å²) in [5.41, 5.74) is 1.52. The molecule has 0 radical (unpaired) electrons. The summed E-state index contributed by atoms with van der Waals surface area (Å²) in [4.78, 5) is 16.8. The Labute approximate surface area is 155 Å². The lowest BCUT2D eigenvalue weighted by Crippen LogP contribution is -2.23. The van der Waals surface area contributed by atoms with Crippen molar-refractivity contribution in [1.82, 2.24) is 19.1 Å². The van der Waals surface area contributed by atoms with Crippen LogP contribution in [0.1, 0.15) is 18.8 Å². The zero-order valence-electron chi connectivity index (χ0n) is 14.5. The molecule has 0 aliphatic carbocycles. The van der Waals surface area contributed by atoms with Crippen molar-refractivity contribution in [3.05, 3.63) is 48.5 Å². The Kier molecular flexibility index (Phi) is 5.92. The van der Waals surface area contributed by atoms with Crippen LogP contribution in [0.5, 0.6) is 0 Å². The lowest BCUT2D eigenvalue weighted by molar-refractivity contribution is -0.119. The Hall–Kier alpha value is -2.78. The van der Waals surface area contributed by atoms with Gasteiger partial charge in [0, 0.05) is 48.8 Å². The lowest BCUT2D eigenvalue weighted by Gasteiger charge is -2.13. The molecule has 9 heteroatoms. The van der Waals surface area contributed by atoms with E-state index >= 15 is 0 Å². The van der Waals surface area contributed by atoms with E-state index in [9.17, 15) is 4.79 Å². The fourth-order valence-electron chi connectivity index (χ4n) is 2.27. The Balaban J connectivity index is 1.62. The van der Waals surface area contributed by atoms with Gasteiger partial charge in [0.1, 0.15) is 11.9 Å². The van der Waals surface area contributed by atoms with Gasteiger partial charge >= 0.3 is 0 Å². The predicted octanol–water partition coefficient (Wildman–Crippen LogP) is 2.87. The average Bonchev–Trinajstić information content (AvgIpc) is 3.31. The molecule has 0 aliphatic rings. The second-order valence-corrected chi connectivity index (χ2v) is 6.37. The van der Waals surface area contributed by atoms with E-state index < -0.39 is 6.04 Å². The van der Waals surface area contributed by atoms with Crippen LogP contribution in [-0.2, 0) is 16.0 Å². The summed E-state index contributed by atoms with van der Waals surface area (Å²) in [7, 11) is 1.65. The number of ether oxygens (including phenoxy) is 1. The molecule has 136 valence electrons. The number of carbonyl (C=O) groups is 1. The molecule has 3 rings (SSSR count). The normalized spacial score (nSPS) is 11.9. The minimum atomic E-state index is -0.395. The van der Waals surface area contributed by atoms with Crippen molar-refractivity contribution in [3.8, 4) is 0 Å². The fourth-order valence-corrected chi connectivity index (χ4v) is 2.91. The molecule has 2 N–H and O–H groups in total. The first-order chi connectivity index (χ1) is 12.7. The maximum absolute atomic E-state index is 12.4. The van der Waals surface area contributed by atoms with Crippen molar-refractivity contribution >= 4 is 33.9 Å². The van der Waals surface area contributed by atoms with Crippen LogP contribution >= 0.6 is 11.5 Å². The van der Waals surface area contributed by atoms with Crippen LogP contribution in [0.4, 0.5) is 16.5 Å². The van der Waals surface area contributed by atoms with Crippen LogP contribution in [0.15, 0.2) is 42.7 Å². The summed E-state index contributed by atoms with van der Waals surface area (Å²) >= 11 is 1.29. The highest BCUT2D eigenvalue weighted by molar-refractivity contribution is 7.09. The van der Waals surface area contributed by atoms with Gasteiger partial charge in [0.25, 0.3) is 0 Å². The molecule has 0 bridgehead atoms. The number of aromatic nitrogens is 4. The first kappa shape index (κ1) is 18.0. The van der Waals surface area contributed by atoms with Crippen LogP contribution in [0.25, 0.3) is 0 Å². The fraction of sp³-hybridized carbons (Fsp3) is 0.294. The van der Waals surface area contributed by atoms with Gasteiger partial charge < -0.3 is 15.4 Å². The molecule has 1 amide bonds. The van der Waals surface area contributed by atoms with Crippen molar-refractivity contribution in [2.45, 2.75) is 19.4 Å². The Morgan fingerprint density at radius 2 is 2.19 bits per heavy atom. The van der Waals surface area contributed by atoms with Crippen molar-refractivity contribution in [1.29, 1.82) is 0 Å². The minimum Gasteiger partial charge on any atom is -0.384 e. The molecule has 1 aromatic carbocycles. The van der Waals surface area contributed by atoms with Crippen LogP contribution in [0, 0.1) is 0 Å². The Bertz CT molecular complexity index is 849. The number of hydrogen-bond acceptors (Lipinski definition) is 7. The third-order valence-corrected chi connectivity index (χ3v) is 4.35. The monoisotopic (exact) mass is 372 g/mol. The SMILES string of the molecule is COCCc1nsc(Nc2cccc(NC(=O)C(C)n3cccn3)c2)n1. The standard InChI is InChI=1S/C17H20N6O2S/c1-12(23-9-4-8-18-23)16(24)19-13-5-3-6-14(11-13)20-17-21-15(22-26-17)7-10-25-2/h3-6,8-9,11-12H,7,10H2,1-2H3,(H,19,24)(H,20,21,22). The van der Waals surface area contributed by atoms with Gasteiger partial charge in [0.15, 0.2) is 0 Å². The molecule has 0 fully saturated rings. The number of benzene rings is 1. The molecular formula is C17H20N6O2S. The highest BCUT2D eigenvalue weighted by Crippen LogP contribution is 2.22. The number of methoxy groups -OCH3 is 1. The number of rotatable bonds is 8. The molecule has 1 atom stereocenters. The molecule has 2 heterocycles. The summed E-state index contributed by atoms with van der Waals surface area (Å²) < 4.78 is 10.9. The number of nitrogens with one attached hydrogen (secondary N) is 2. The van der Waals surface area contributed by atoms with E-state index in [0.29, 0.717) is 23.8 Å². The maximum Gasteiger partial charge on any atom is 0.248 e. The molecule has 8 nitrogen and oxygen atoms in total. The summed E-state index contributed by atoms with van der Waals surface area (Å²) in [6.07, 6.45) is 4.09. The molecule has 0 saturated heterocycles. The predicted molar refractivity (Wildman–Crippen MR) is 101 cm³/mol. The van der Waals surface area contributed by atoms with E-state index in [-0.39, 0.29) is 5.91 Å². The summed E-state index contributed by atoms with van der Waals surface area (Å²) in [6, 6.07) is 8.85. The third kappa shape index (κ3) is 4.64. The largest absolute Gasteiger partial charge is 0.384 e. The number of carbonyl (C=O) groups excluding carboxylic acids is 1. The zero-order valence-corrected chi connectivity index (χ0v) is 15.4. The maximum atomic E-state index is 12.4. The Morgan fingerprint density at radius 1 is 1.35 bits per heavy atom. The number of hydrogen-bond donors (Lipinski definition) is 2. The number of nitrogens with zero attached hydrogens (tertiary/aromatic N) is 4. The first-order valence-corrected chi connectivity index (χ1v) is 8.91. The first-order valence-electron chi connectivity index (χ1n) is 8.14. The van der Waals surface area contributed by atoms with E-state index in [2.05, 4.69) is 25.1 Å². The van der Waals surface area contributed by atoms with E-state index in [0.717, 1.165) is 11.5 Å². The highest BCUT2D eigenvalue weighted by atomic mass is 32.1. The molecule has 0 aliphatic heterocycles. The highest BCUT2D eigenvalue weighted by Gasteiger charge is 2.15. The lowest BCUT2D eigenvalue weighted by atomic mass is 10.2. The Morgan fingerprint density at radius 3 is 2.96 bits per heavy atom. The van der Waals surface area contributed by atoms with Crippen molar-refractivity contribution in [2.75, 3.05) is 24.4 Å². The van der Waals surface area contributed by atoms with Gasteiger partial charge in [-0.3, -0.25) is 9.48 Å². The number of amides is 1. The second-order valence-electron chi connectivity index (χ2n) is 5.62. The molecular weight excluding hydrogens is 352 g/mol. The van der Waals surface area contributed by atoms with Crippen LogP contribution in [0.2, 0.25) is 0 Å². The second kappa shape index (κ2) is 8.54. The number of anilines is 3. The van der Waals surface area contributed by atoms with Gasteiger partial charge in [-0.1, -0.05) is 6.07 Å². The van der Waals surface area contributed by atoms with Gasteiger partial charge in [-0.25, -0.2) is 4.98 Å². The van der Waals surface area contributed by atoms with Gasteiger partial charge in [-0.2, -0.15) is 9.47 Å². The third-order valence-electron chi connectivity index (χ3n) is 3.68. The van der Waals surface area contributed by atoms with E-state index in [1.807, 2.05) is 24.3 Å². The molecule has 2 aromatic heterocycles. The molecule has 0 saturated carbocycles. The van der Waals surface area contributed by atoms with Crippen molar-refractivity contribution < 1.29 is 9.53 Å². The van der Waals surface area contributed by atoms with Gasteiger partial charge in [-0.15, -0.1) is 0 Å². The van der Waals surface area contributed by atoms with Gasteiger partial charge in [-0.05, 0) is 31.2 Å². The molecule has 0 spiro atoms. The van der Waals surface area contributed by atoms with Crippen LogP contribution in [-0.4, -0.2) is 38.8 Å². The van der Waals surface area contributed by atoms with E-state index in [1.165, 1.54) is 11.5 Å². The average molecular weight is 372 g/mol. The summed E-state index contributed by atoms with van der Waals surface area (Å²) in [5.74, 6) is 0.612. The van der Waals surface area contributed by atoms with Gasteiger partial charge in [0.05, 0.1) is 6.61 Å². The summed E-state index contributed by atoms with van der Waals surface area (Å²) in [5, 5.41) is 10.9. The molecule has 26 heavy (non-hydrogen) atoms. The van der Waals surface area contributed by atoms with Gasteiger partial charge in [0.2, 0.25) is 11.0 Å². The summed E-state index contributed by atoms with van der Waals surface area (Å²) in [6.45, 7) is 2.39. The van der Waals surface area contributed by atoms with E-state index in [4.69, 9.17) is 4.74 Å². The molecule has 1 unspecified atom stereocenters. The molecule has 3 aromatic rings. The van der Waals surface area contributed by atoms with Crippen LogP contribution in [0.3, 0.4) is 0 Å². The van der Waals surface area contributed by atoms with E-state index in [1.54, 1.807) is 37.2 Å². The minimum absolute atomic E-state index is 0.136.